The quantitative estimate of drug-likeness (QED) is 0.669. The number of benzene rings is 3. The minimum absolute atomic E-state index is 0.0831. The zero-order chi connectivity index (χ0) is 21.3. The Labute approximate surface area is 175 Å². The van der Waals surface area contributed by atoms with E-state index in [4.69, 9.17) is 0 Å². The van der Waals surface area contributed by atoms with E-state index in [9.17, 15) is 17.6 Å². The van der Waals surface area contributed by atoms with Crippen molar-refractivity contribution >= 4 is 27.3 Å². The molecule has 1 amide bonds. The molecule has 3 aromatic carbocycles. The molecule has 4 rings (SSSR count). The van der Waals surface area contributed by atoms with Crippen molar-refractivity contribution in [2.75, 3.05) is 16.2 Å². The minimum atomic E-state index is -3.94. The molecular formula is C23H21FN2O3S. The minimum Gasteiger partial charge on any atom is -0.308 e. The number of hydrogen-bond donors (Lipinski definition) is 1. The highest BCUT2D eigenvalue weighted by Crippen LogP contribution is 2.32. The molecule has 0 spiro atoms. The summed E-state index contributed by atoms with van der Waals surface area (Å²) < 4.78 is 41.6. The zero-order valence-electron chi connectivity index (χ0n) is 16.4. The van der Waals surface area contributed by atoms with Gasteiger partial charge in [-0.05, 0) is 73.4 Å². The van der Waals surface area contributed by atoms with Crippen LogP contribution in [0.5, 0.6) is 0 Å². The van der Waals surface area contributed by atoms with Gasteiger partial charge in [0.2, 0.25) is 0 Å². The van der Waals surface area contributed by atoms with Crippen LogP contribution in [-0.4, -0.2) is 20.9 Å². The van der Waals surface area contributed by atoms with E-state index in [0.29, 0.717) is 23.4 Å². The van der Waals surface area contributed by atoms with E-state index in [1.165, 1.54) is 12.1 Å². The van der Waals surface area contributed by atoms with Gasteiger partial charge in [0.1, 0.15) is 5.82 Å². The largest absolute Gasteiger partial charge is 0.308 e. The summed E-state index contributed by atoms with van der Waals surface area (Å²) in [6.45, 7) is 2.22. The Kier molecular flexibility index (Phi) is 5.30. The van der Waals surface area contributed by atoms with Gasteiger partial charge in [-0.1, -0.05) is 24.3 Å². The van der Waals surface area contributed by atoms with Crippen LogP contribution < -0.4 is 9.62 Å². The molecule has 0 aromatic heterocycles. The fourth-order valence-electron chi connectivity index (χ4n) is 3.68. The first kappa shape index (κ1) is 20.1. The molecule has 0 fully saturated rings. The summed E-state index contributed by atoms with van der Waals surface area (Å²) in [5.41, 5.74) is 3.12. The molecule has 1 aliphatic heterocycles. The van der Waals surface area contributed by atoms with Crippen molar-refractivity contribution in [3.63, 3.8) is 0 Å². The molecule has 7 heteroatoms. The summed E-state index contributed by atoms with van der Waals surface area (Å²) in [6.07, 6.45) is 1.52. The van der Waals surface area contributed by atoms with E-state index in [1.807, 2.05) is 18.2 Å². The Balaban J connectivity index is 1.63. The molecule has 0 aliphatic carbocycles. The van der Waals surface area contributed by atoms with Gasteiger partial charge in [-0.3, -0.25) is 9.52 Å². The molecule has 3 aromatic rings. The van der Waals surface area contributed by atoms with Crippen LogP contribution in [0, 0.1) is 12.7 Å². The SMILES string of the molecule is Cc1ccc(F)cc1S(=O)(=O)Nc1ccc2c(c1)CCCN2C(=O)c1ccccc1. The summed E-state index contributed by atoms with van der Waals surface area (Å²) >= 11 is 0. The standard InChI is InChI=1S/C23H21FN2O3S/c1-16-9-10-19(24)15-22(16)30(28,29)25-20-11-12-21-18(14-20)8-5-13-26(21)23(27)17-6-3-2-4-7-17/h2-4,6-7,9-12,14-15,25H,5,8,13H2,1H3. The van der Waals surface area contributed by atoms with E-state index >= 15 is 0 Å². The lowest BCUT2D eigenvalue weighted by atomic mass is 10.00. The van der Waals surface area contributed by atoms with Crippen LogP contribution in [0.1, 0.15) is 27.9 Å². The van der Waals surface area contributed by atoms with Gasteiger partial charge < -0.3 is 4.90 Å². The second kappa shape index (κ2) is 7.91. The first-order valence-electron chi connectivity index (χ1n) is 9.64. The molecule has 0 saturated heterocycles. The Hall–Kier alpha value is -3.19. The molecule has 0 atom stereocenters. The van der Waals surface area contributed by atoms with Crippen LogP contribution in [0.15, 0.2) is 71.6 Å². The number of sulfonamides is 1. The van der Waals surface area contributed by atoms with Crippen molar-refractivity contribution < 1.29 is 17.6 Å². The highest BCUT2D eigenvalue weighted by Gasteiger charge is 2.25. The second-order valence-electron chi connectivity index (χ2n) is 7.29. The fourth-order valence-corrected chi connectivity index (χ4v) is 4.99. The molecule has 1 N–H and O–H groups in total. The van der Waals surface area contributed by atoms with Crippen molar-refractivity contribution in [1.82, 2.24) is 0 Å². The van der Waals surface area contributed by atoms with Crippen LogP contribution >= 0.6 is 0 Å². The lowest BCUT2D eigenvalue weighted by Gasteiger charge is -2.30. The summed E-state index contributed by atoms with van der Waals surface area (Å²) in [5, 5.41) is 0. The Morgan fingerprint density at radius 2 is 1.80 bits per heavy atom. The number of nitrogens with one attached hydrogen (secondary N) is 1. The fraction of sp³-hybridized carbons (Fsp3) is 0.174. The molecule has 0 bridgehead atoms. The predicted molar refractivity (Wildman–Crippen MR) is 115 cm³/mol. The number of hydrogen-bond acceptors (Lipinski definition) is 3. The normalized spacial score (nSPS) is 13.6. The summed E-state index contributed by atoms with van der Waals surface area (Å²) in [7, 11) is -3.94. The van der Waals surface area contributed by atoms with E-state index in [1.54, 1.807) is 42.2 Å². The van der Waals surface area contributed by atoms with Crippen molar-refractivity contribution in [2.24, 2.45) is 0 Å². The molecule has 1 heterocycles. The van der Waals surface area contributed by atoms with Crippen molar-refractivity contribution in [2.45, 2.75) is 24.7 Å². The number of halogens is 1. The third-order valence-electron chi connectivity index (χ3n) is 5.16. The number of anilines is 2. The van der Waals surface area contributed by atoms with Crippen LogP contribution in [-0.2, 0) is 16.4 Å². The van der Waals surface area contributed by atoms with Gasteiger partial charge in [-0.2, -0.15) is 0 Å². The summed E-state index contributed by atoms with van der Waals surface area (Å²) in [6, 6.07) is 17.9. The van der Waals surface area contributed by atoms with E-state index in [-0.39, 0.29) is 10.8 Å². The smallest absolute Gasteiger partial charge is 0.262 e. The Morgan fingerprint density at radius 1 is 1.03 bits per heavy atom. The predicted octanol–water partition coefficient (Wildman–Crippen LogP) is 4.53. The number of aryl methyl sites for hydroxylation is 2. The van der Waals surface area contributed by atoms with Crippen LogP contribution in [0.4, 0.5) is 15.8 Å². The van der Waals surface area contributed by atoms with Crippen molar-refractivity contribution in [3.8, 4) is 0 Å². The lowest BCUT2D eigenvalue weighted by Crippen LogP contribution is -2.35. The molecule has 0 radical (unpaired) electrons. The van der Waals surface area contributed by atoms with Crippen LogP contribution in [0.2, 0.25) is 0 Å². The molecule has 1 aliphatic rings. The van der Waals surface area contributed by atoms with Crippen molar-refractivity contribution in [3.05, 3.63) is 89.2 Å². The Bertz CT molecular complexity index is 1210. The van der Waals surface area contributed by atoms with Crippen LogP contribution in [0.25, 0.3) is 0 Å². The third-order valence-corrected chi connectivity index (χ3v) is 6.68. The maximum atomic E-state index is 13.6. The van der Waals surface area contributed by atoms with Gasteiger partial charge >= 0.3 is 0 Å². The third kappa shape index (κ3) is 3.93. The number of rotatable bonds is 4. The van der Waals surface area contributed by atoms with Crippen molar-refractivity contribution in [1.29, 1.82) is 0 Å². The number of nitrogens with zero attached hydrogens (tertiary/aromatic N) is 1. The summed E-state index contributed by atoms with van der Waals surface area (Å²) in [4.78, 5) is 14.5. The molecule has 30 heavy (non-hydrogen) atoms. The number of carbonyl (C=O) groups is 1. The zero-order valence-corrected chi connectivity index (χ0v) is 17.2. The van der Waals surface area contributed by atoms with Gasteiger partial charge in [0.05, 0.1) is 4.90 Å². The second-order valence-corrected chi connectivity index (χ2v) is 8.94. The van der Waals surface area contributed by atoms with E-state index in [0.717, 1.165) is 30.2 Å². The monoisotopic (exact) mass is 424 g/mol. The molecule has 5 nitrogen and oxygen atoms in total. The highest BCUT2D eigenvalue weighted by molar-refractivity contribution is 7.92. The maximum Gasteiger partial charge on any atom is 0.262 e. The Morgan fingerprint density at radius 3 is 2.57 bits per heavy atom. The van der Waals surface area contributed by atoms with E-state index < -0.39 is 15.8 Å². The first-order valence-corrected chi connectivity index (χ1v) is 11.1. The van der Waals surface area contributed by atoms with E-state index in [2.05, 4.69) is 4.72 Å². The number of amides is 1. The highest BCUT2D eigenvalue weighted by atomic mass is 32.2. The van der Waals surface area contributed by atoms with Crippen LogP contribution in [0.3, 0.4) is 0 Å². The average Bonchev–Trinajstić information content (AvgIpc) is 2.74. The van der Waals surface area contributed by atoms with Gasteiger partial charge in [0, 0.05) is 23.5 Å². The molecule has 0 saturated carbocycles. The number of fused-ring (bicyclic) bond motifs is 1. The first-order chi connectivity index (χ1) is 14.3. The topological polar surface area (TPSA) is 66.5 Å². The number of carbonyl (C=O) groups excluding carboxylic acids is 1. The van der Waals surface area contributed by atoms with Gasteiger partial charge in [-0.15, -0.1) is 0 Å². The average molecular weight is 424 g/mol. The maximum absolute atomic E-state index is 13.6. The lowest BCUT2D eigenvalue weighted by molar-refractivity contribution is 0.0985. The van der Waals surface area contributed by atoms with Gasteiger partial charge in [-0.25, -0.2) is 12.8 Å². The molecular weight excluding hydrogens is 403 g/mol. The molecule has 154 valence electrons. The molecule has 0 unspecified atom stereocenters. The summed E-state index contributed by atoms with van der Waals surface area (Å²) in [5.74, 6) is -0.693. The van der Waals surface area contributed by atoms with Gasteiger partial charge in [0.25, 0.3) is 15.9 Å². The van der Waals surface area contributed by atoms with Gasteiger partial charge in [0.15, 0.2) is 0 Å².